The molecule has 1 N–H and O–H groups in total. The number of carbonyl (C=O) groups excluding carboxylic acids is 2. The first-order valence-electron chi connectivity index (χ1n) is 9.97. The normalized spacial score (nSPS) is 21.6. The molecule has 2 saturated heterocycles. The van der Waals surface area contributed by atoms with Gasteiger partial charge in [-0.2, -0.15) is 0 Å². The predicted molar refractivity (Wildman–Crippen MR) is 119 cm³/mol. The van der Waals surface area contributed by atoms with Crippen molar-refractivity contribution in [3.63, 3.8) is 0 Å². The molecule has 7 nitrogen and oxygen atoms in total. The van der Waals surface area contributed by atoms with E-state index in [2.05, 4.69) is 4.90 Å². The van der Waals surface area contributed by atoms with Gasteiger partial charge in [0.2, 0.25) is 0 Å². The minimum atomic E-state index is -0.690. The zero-order valence-corrected chi connectivity index (χ0v) is 18.6. The second kappa shape index (κ2) is 9.40. The van der Waals surface area contributed by atoms with Crippen LogP contribution in [0, 0.1) is 0 Å². The Bertz CT molecular complexity index is 1000. The largest absolute Gasteiger partial charge is 0.507 e. The fraction of sp³-hybridized carbons (Fsp3) is 0.364. The summed E-state index contributed by atoms with van der Waals surface area (Å²) in [6, 6.07) is 7.87. The highest BCUT2D eigenvalue weighted by Gasteiger charge is 2.46. The van der Waals surface area contributed by atoms with E-state index in [-0.39, 0.29) is 11.3 Å². The van der Waals surface area contributed by atoms with Gasteiger partial charge in [-0.25, -0.2) is 0 Å². The number of aliphatic hydroxyl groups excluding tert-OH is 1. The standard InChI is InChI=1S/C22H23ClN2O5S/c1-29-16-5-4-14(13-15(16)23)20(26)18-19(17-3-2-12-31-17)25(22(28)21(18)27)7-6-24-8-10-30-11-9-24/h2-5,12-13,19,26H,6-11H2,1H3/t19-/m1/s1. The number of ether oxygens (including phenoxy) is 2. The molecule has 2 aliphatic rings. The Kier molecular flexibility index (Phi) is 6.62. The lowest BCUT2D eigenvalue weighted by molar-refractivity contribution is -0.140. The number of ketones is 1. The number of aliphatic hydroxyl groups is 1. The van der Waals surface area contributed by atoms with Gasteiger partial charge in [0.25, 0.3) is 11.7 Å². The van der Waals surface area contributed by atoms with Crippen LogP contribution in [0.25, 0.3) is 5.76 Å². The molecule has 3 heterocycles. The molecule has 0 radical (unpaired) electrons. The van der Waals surface area contributed by atoms with Crippen LogP contribution in [0.4, 0.5) is 0 Å². The molecule has 31 heavy (non-hydrogen) atoms. The molecule has 2 aliphatic heterocycles. The second-order valence-corrected chi connectivity index (χ2v) is 8.70. The van der Waals surface area contributed by atoms with E-state index in [9.17, 15) is 14.7 Å². The first-order valence-corrected chi connectivity index (χ1v) is 11.2. The molecule has 1 atom stereocenters. The maximum atomic E-state index is 13.0. The van der Waals surface area contributed by atoms with Crippen LogP contribution >= 0.6 is 22.9 Å². The number of halogens is 1. The molecular formula is C22H23ClN2O5S. The number of methoxy groups -OCH3 is 1. The minimum Gasteiger partial charge on any atom is -0.507 e. The lowest BCUT2D eigenvalue weighted by Gasteiger charge is -2.30. The molecule has 0 unspecified atom stereocenters. The first kappa shape index (κ1) is 21.8. The van der Waals surface area contributed by atoms with Gasteiger partial charge in [0.1, 0.15) is 11.5 Å². The van der Waals surface area contributed by atoms with Gasteiger partial charge in [-0.15, -0.1) is 11.3 Å². The zero-order chi connectivity index (χ0) is 22.0. The smallest absolute Gasteiger partial charge is 0.295 e. The van der Waals surface area contributed by atoms with Gasteiger partial charge in [0, 0.05) is 36.6 Å². The SMILES string of the molecule is COc1ccc(C(O)=C2C(=O)C(=O)N(CCN3CCOCC3)[C@@H]2c2cccs2)cc1Cl. The number of thiophene rings is 1. The molecule has 1 amide bonds. The minimum absolute atomic E-state index is 0.0793. The van der Waals surface area contributed by atoms with Gasteiger partial charge >= 0.3 is 0 Å². The number of hydrogen-bond donors (Lipinski definition) is 1. The Morgan fingerprint density at radius 3 is 2.68 bits per heavy atom. The summed E-state index contributed by atoms with van der Waals surface area (Å²) in [7, 11) is 1.50. The third-order valence-electron chi connectivity index (χ3n) is 5.54. The summed E-state index contributed by atoms with van der Waals surface area (Å²) in [6.07, 6.45) is 0. The van der Waals surface area contributed by atoms with Gasteiger partial charge in [-0.1, -0.05) is 17.7 Å². The molecule has 164 valence electrons. The van der Waals surface area contributed by atoms with Crippen LogP contribution in [0.15, 0.2) is 41.3 Å². The summed E-state index contributed by atoms with van der Waals surface area (Å²) in [6.45, 7) is 3.91. The highest BCUT2D eigenvalue weighted by molar-refractivity contribution is 7.10. The summed E-state index contributed by atoms with van der Waals surface area (Å²) in [5.41, 5.74) is 0.439. The Labute approximate surface area is 189 Å². The maximum Gasteiger partial charge on any atom is 0.295 e. The van der Waals surface area contributed by atoms with Crippen LogP contribution in [0.3, 0.4) is 0 Å². The summed E-state index contributed by atoms with van der Waals surface area (Å²) in [4.78, 5) is 30.5. The van der Waals surface area contributed by atoms with Gasteiger partial charge < -0.3 is 19.5 Å². The zero-order valence-electron chi connectivity index (χ0n) is 17.0. The van der Waals surface area contributed by atoms with E-state index in [0.29, 0.717) is 42.6 Å². The van der Waals surface area contributed by atoms with Gasteiger partial charge in [-0.05, 0) is 29.6 Å². The van der Waals surface area contributed by atoms with Crippen molar-refractivity contribution < 1.29 is 24.2 Å². The predicted octanol–water partition coefficient (Wildman–Crippen LogP) is 3.16. The maximum absolute atomic E-state index is 13.0. The molecule has 2 aromatic rings. The van der Waals surface area contributed by atoms with E-state index in [4.69, 9.17) is 21.1 Å². The van der Waals surface area contributed by atoms with Crippen LogP contribution in [0.2, 0.25) is 5.02 Å². The Morgan fingerprint density at radius 1 is 1.26 bits per heavy atom. The highest BCUT2D eigenvalue weighted by atomic mass is 35.5. The molecule has 4 rings (SSSR count). The molecule has 0 aliphatic carbocycles. The van der Waals surface area contributed by atoms with Crippen molar-refractivity contribution in [1.29, 1.82) is 0 Å². The Hall–Kier alpha value is -2.39. The van der Waals surface area contributed by atoms with Crippen molar-refractivity contribution >= 4 is 40.4 Å². The van der Waals surface area contributed by atoms with E-state index in [1.165, 1.54) is 24.5 Å². The fourth-order valence-electron chi connectivity index (χ4n) is 3.90. The molecule has 0 spiro atoms. The summed E-state index contributed by atoms with van der Waals surface area (Å²) < 4.78 is 10.5. The van der Waals surface area contributed by atoms with Gasteiger partial charge in [0.05, 0.1) is 37.0 Å². The third kappa shape index (κ3) is 4.34. The molecule has 0 saturated carbocycles. The number of carbonyl (C=O) groups is 2. The van der Waals surface area contributed by atoms with Crippen LogP contribution in [-0.2, 0) is 14.3 Å². The number of Topliss-reactive ketones (excluding diaryl/α,β-unsaturated/α-hetero) is 1. The summed E-state index contributed by atoms with van der Waals surface area (Å²) in [5, 5.41) is 13.3. The van der Waals surface area contributed by atoms with Crippen molar-refractivity contribution in [2.75, 3.05) is 46.5 Å². The summed E-state index contributed by atoms with van der Waals surface area (Å²) in [5.74, 6) is -1.08. The number of benzene rings is 1. The molecule has 2 fully saturated rings. The van der Waals surface area contributed by atoms with E-state index in [1.807, 2.05) is 17.5 Å². The lowest BCUT2D eigenvalue weighted by atomic mass is 10.00. The topological polar surface area (TPSA) is 79.3 Å². The Balaban J connectivity index is 1.70. The molecular weight excluding hydrogens is 440 g/mol. The van der Waals surface area contributed by atoms with E-state index in [1.54, 1.807) is 17.0 Å². The summed E-state index contributed by atoms with van der Waals surface area (Å²) >= 11 is 7.66. The van der Waals surface area contributed by atoms with E-state index >= 15 is 0 Å². The van der Waals surface area contributed by atoms with E-state index < -0.39 is 17.7 Å². The molecule has 1 aromatic heterocycles. The lowest BCUT2D eigenvalue weighted by Crippen LogP contribution is -2.42. The fourth-order valence-corrected chi connectivity index (χ4v) is 5.00. The highest BCUT2D eigenvalue weighted by Crippen LogP contribution is 2.41. The quantitative estimate of drug-likeness (QED) is 0.403. The number of hydrogen-bond acceptors (Lipinski definition) is 7. The number of morpholine rings is 1. The first-order chi connectivity index (χ1) is 15.0. The Morgan fingerprint density at radius 2 is 2.03 bits per heavy atom. The van der Waals surface area contributed by atoms with Crippen LogP contribution in [-0.4, -0.2) is 73.1 Å². The number of amides is 1. The van der Waals surface area contributed by atoms with Crippen molar-refractivity contribution in [3.05, 3.63) is 56.7 Å². The average molecular weight is 463 g/mol. The van der Waals surface area contributed by atoms with Crippen LogP contribution < -0.4 is 4.74 Å². The van der Waals surface area contributed by atoms with Gasteiger partial charge in [-0.3, -0.25) is 14.5 Å². The average Bonchev–Trinajstić information content (AvgIpc) is 3.40. The number of nitrogens with zero attached hydrogens (tertiary/aromatic N) is 2. The number of rotatable bonds is 6. The van der Waals surface area contributed by atoms with Crippen LogP contribution in [0.5, 0.6) is 5.75 Å². The van der Waals surface area contributed by atoms with Crippen molar-refractivity contribution in [1.82, 2.24) is 9.80 Å². The van der Waals surface area contributed by atoms with E-state index in [0.717, 1.165) is 18.0 Å². The molecule has 1 aromatic carbocycles. The second-order valence-electron chi connectivity index (χ2n) is 7.31. The van der Waals surface area contributed by atoms with Crippen molar-refractivity contribution in [3.8, 4) is 5.75 Å². The van der Waals surface area contributed by atoms with Crippen LogP contribution in [0.1, 0.15) is 16.5 Å². The molecule has 9 heteroatoms. The number of likely N-dealkylation sites (tertiary alicyclic amines) is 1. The third-order valence-corrected chi connectivity index (χ3v) is 6.76. The van der Waals surface area contributed by atoms with Crippen molar-refractivity contribution in [2.24, 2.45) is 0 Å². The molecule has 0 bridgehead atoms. The monoisotopic (exact) mass is 462 g/mol. The van der Waals surface area contributed by atoms with Crippen molar-refractivity contribution in [2.45, 2.75) is 6.04 Å². The van der Waals surface area contributed by atoms with Gasteiger partial charge in [0.15, 0.2) is 0 Å².